The SMILES string of the molecule is CC(Oc1cccc(Cl)c1Cl)C(=O)N[C@H](C(=O)O)C(C)C. The molecule has 116 valence electrons. The van der Waals surface area contributed by atoms with E-state index < -0.39 is 24.0 Å². The van der Waals surface area contributed by atoms with Gasteiger partial charge in [0, 0.05) is 0 Å². The Hall–Kier alpha value is -1.46. The van der Waals surface area contributed by atoms with E-state index in [0.717, 1.165) is 0 Å². The molecule has 0 saturated carbocycles. The highest BCUT2D eigenvalue weighted by molar-refractivity contribution is 6.42. The summed E-state index contributed by atoms with van der Waals surface area (Å²) in [4.78, 5) is 23.0. The molecule has 0 spiro atoms. The molecular weight excluding hydrogens is 317 g/mol. The van der Waals surface area contributed by atoms with Crippen molar-refractivity contribution in [1.29, 1.82) is 0 Å². The van der Waals surface area contributed by atoms with E-state index in [1.165, 1.54) is 6.92 Å². The lowest BCUT2D eigenvalue weighted by atomic mass is 10.0. The lowest BCUT2D eigenvalue weighted by molar-refractivity contribution is -0.144. The quantitative estimate of drug-likeness (QED) is 0.839. The van der Waals surface area contributed by atoms with Crippen LogP contribution in [0.4, 0.5) is 0 Å². The lowest BCUT2D eigenvalue weighted by Gasteiger charge is -2.21. The Kier molecular flexibility index (Phi) is 6.30. The molecule has 0 radical (unpaired) electrons. The van der Waals surface area contributed by atoms with Gasteiger partial charge in [-0.25, -0.2) is 4.79 Å². The summed E-state index contributed by atoms with van der Waals surface area (Å²) >= 11 is 11.8. The molecule has 5 nitrogen and oxygen atoms in total. The van der Waals surface area contributed by atoms with Gasteiger partial charge in [-0.2, -0.15) is 0 Å². The van der Waals surface area contributed by atoms with E-state index in [1.807, 2.05) is 0 Å². The molecule has 0 saturated heterocycles. The van der Waals surface area contributed by atoms with Crippen LogP contribution in [0.2, 0.25) is 10.0 Å². The summed E-state index contributed by atoms with van der Waals surface area (Å²) in [5, 5.41) is 12.0. The first-order valence-electron chi connectivity index (χ1n) is 6.38. The van der Waals surface area contributed by atoms with E-state index >= 15 is 0 Å². The molecule has 1 aromatic carbocycles. The van der Waals surface area contributed by atoms with E-state index in [4.69, 9.17) is 33.0 Å². The van der Waals surface area contributed by atoms with Gasteiger partial charge in [-0.1, -0.05) is 43.1 Å². The highest BCUT2D eigenvalue weighted by atomic mass is 35.5. The molecule has 0 aromatic heterocycles. The zero-order chi connectivity index (χ0) is 16.2. The largest absolute Gasteiger partial charge is 0.480 e. The number of aliphatic carboxylic acids is 1. The lowest BCUT2D eigenvalue weighted by Crippen LogP contribution is -2.48. The second kappa shape index (κ2) is 7.52. The molecule has 2 atom stereocenters. The summed E-state index contributed by atoms with van der Waals surface area (Å²) in [7, 11) is 0. The molecule has 0 bridgehead atoms. The number of ether oxygens (including phenoxy) is 1. The first-order valence-corrected chi connectivity index (χ1v) is 7.13. The number of hydrogen-bond acceptors (Lipinski definition) is 3. The van der Waals surface area contributed by atoms with Crippen molar-refractivity contribution in [2.45, 2.75) is 32.9 Å². The number of carbonyl (C=O) groups excluding carboxylic acids is 1. The standard InChI is InChI=1S/C14H17Cl2NO4/c1-7(2)12(14(19)20)17-13(18)8(3)21-10-6-4-5-9(15)11(10)16/h4-8,12H,1-3H3,(H,17,18)(H,19,20)/t8?,12-/m0/s1. The van der Waals surface area contributed by atoms with Crippen molar-refractivity contribution >= 4 is 35.1 Å². The molecule has 0 aliphatic carbocycles. The van der Waals surface area contributed by atoms with Crippen molar-refractivity contribution in [3.05, 3.63) is 28.2 Å². The Morgan fingerprint density at radius 2 is 1.86 bits per heavy atom. The maximum atomic E-state index is 12.0. The van der Waals surface area contributed by atoms with Crippen LogP contribution in [0.25, 0.3) is 0 Å². The fraction of sp³-hybridized carbons (Fsp3) is 0.429. The Balaban J connectivity index is 2.75. The van der Waals surface area contributed by atoms with Crippen LogP contribution in [0.3, 0.4) is 0 Å². The van der Waals surface area contributed by atoms with E-state index in [2.05, 4.69) is 5.32 Å². The molecule has 7 heteroatoms. The van der Waals surface area contributed by atoms with E-state index in [-0.39, 0.29) is 16.7 Å². The summed E-state index contributed by atoms with van der Waals surface area (Å²) in [6.07, 6.45) is -0.901. The first-order chi connectivity index (χ1) is 9.73. The van der Waals surface area contributed by atoms with Crippen LogP contribution in [0.15, 0.2) is 18.2 Å². The minimum Gasteiger partial charge on any atom is -0.480 e. The Morgan fingerprint density at radius 3 is 2.38 bits per heavy atom. The van der Waals surface area contributed by atoms with Crippen molar-refractivity contribution in [2.24, 2.45) is 5.92 Å². The van der Waals surface area contributed by atoms with Crippen LogP contribution in [-0.2, 0) is 9.59 Å². The summed E-state index contributed by atoms with van der Waals surface area (Å²) in [5.74, 6) is -1.60. The molecule has 2 N–H and O–H groups in total. The van der Waals surface area contributed by atoms with Crippen LogP contribution in [0.1, 0.15) is 20.8 Å². The number of nitrogens with one attached hydrogen (secondary N) is 1. The average molecular weight is 334 g/mol. The summed E-state index contributed by atoms with van der Waals surface area (Å²) < 4.78 is 5.43. The first kappa shape index (κ1) is 17.6. The molecule has 1 unspecified atom stereocenters. The third-order valence-electron chi connectivity index (χ3n) is 2.82. The minimum absolute atomic E-state index is 0.206. The average Bonchev–Trinajstić information content (AvgIpc) is 2.40. The maximum Gasteiger partial charge on any atom is 0.326 e. The van der Waals surface area contributed by atoms with Gasteiger partial charge in [0.15, 0.2) is 6.10 Å². The van der Waals surface area contributed by atoms with Gasteiger partial charge in [0.2, 0.25) is 0 Å². The highest BCUT2D eigenvalue weighted by Gasteiger charge is 2.26. The topological polar surface area (TPSA) is 75.6 Å². The van der Waals surface area contributed by atoms with Crippen LogP contribution in [0, 0.1) is 5.92 Å². The van der Waals surface area contributed by atoms with Crippen LogP contribution < -0.4 is 10.1 Å². The van der Waals surface area contributed by atoms with Crippen molar-refractivity contribution in [3.8, 4) is 5.75 Å². The van der Waals surface area contributed by atoms with E-state index in [1.54, 1.807) is 32.0 Å². The minimum atomic E-state index is -1.09. The third kappa shape index (κ3) is 4.79. The van der Waals surface area contributed by atoms with Gasteiger partial charge >= 0.3 is 5.97 Å². The zero-order valence-corrected chi connectivity index (χ0v) is 13.4. The van der Waals surface area contributed by atoms with Gasteiger partial charge in [0.1, 0.15) is 16.8 Å². The normalized spacial score (nSPS) is 13.6. The number of carbonyl (C=O) groups is 2. The maximum absolute atomic E-state index is 12.0. The molecule has 21 heavy (non-hydrogen) atoms. The fourth-order valence-electron chi connectivity index (χ4n) is 1.60. The molecule has 1 rings (SSSR count). The van der Waals surface area contributed by atoms with Crippen molar-refractivity contribution < 1.29 is 19.4 Å². The predicted molar refractivity (Wildman–Crippen MR) is 81.0 cm³/mol. The van der Waals surface area contributed by atoms with Gasteiger partial charge in [-0.15, -0.1) is 0 Å². The Labute approximate surface area is 133 Å². The highest BCUT2D eigenvalue weighted by Crippen LogP contribution is 2.32. The molecule has 0 aliphatic rings. The summed E-state index contributed by atoms with van der Waals surface area (Å²) in [6.45, 7) is 4.92. The van der Waals surface area contributed by atoms with Gasteiger partial charge < -0.3 is 15.2 Å². The van der Waals surface area contributed by atoms with Gasteiger partial charge in [-0.05, 0) is 25.0 Å². The third-order valence-corrected chi connectivity index (χ3v) is 3.62. The number of halogens is 2. The Bertz CT molecular complexity index is 534. The molecule has 0 heterocycles. The van der Waals surface area contributed by atoms with Gasteiger partial charge in [0.25, 0.3) is 5.91 Å². The van der Waals surface area contributed by atoms with Crippen LogP contribution >= 0.6 is 23.2 Å². The monoisotopic (exact) mass is 333 g/mol. The number of carboxylic acid groups (broad SMARTS) is 1. The second-order valence-electron chi connectivity index (χ2n) is 4.88. The van der Waals surface area contributed by atoms with Crippen molar-refractivity contribution in [2.75, 3.05) is 0 Å². The van der Waals surface area contributed by atoms with Gasteiger partial charge in [-0.3, -0.25) is 4.79 Å². The summed E-state index contributed by atoms with van der Waals surface area (Å²) in [5.41, 5.74) is 0. The molecule has 1 amide bonds. The van der Waals surface area contributed by atoms with Crippen LogP contribution in [0.5, 0.6) is 5.75 Å². The second-order valence-corrected chi connectivity index (χ2v) is 5.67. The number of hydrogen-bond donors (Lipinski definition) is 2. The van der Waals surface area contributed by atoms with Gasteiger partial charge in [0.05, 0.1) is 5.02 Å². The molecular formula is C14H17Cl2NO4. The van der Waals surface area contributed by atoms with E-state index in [0.29, 0.717) is 5.02 Å². The molecule has 0 aliphatic heterocycles. The Morgan fingerprint density at radius 1 is 1.24 bits per heavy atom. The molecule has 1 aromatic rings. The smallest absolute Gasteiger partial charge is 0.326 e. The zero-order valence-electron chi connectivity index (χ0n) is 11.9. The van der Waals surface area contributed by atoms with Crippen molar-refractivity contribution in [3.63, 3.8) is 0 Å². The van der Waals surface area contributed by atoms with Crippen LogP contribution in [-0.4, -0.2) is 29.1 Å². The van der Waals surface area contributed by atoms with Crippen molar-refractivity contribution in [1.82, 2.24) is 5.32 Å². The fourth-order valence-corrected chi connectivity index (χ4v) is 1.94. The number of amides is 1. The number of rotatable bonds is 6. The van der Waals surface area contributed by atoms with E-state index in [9.17, 15) is 9.59 Å². The number of benzene rings is 1. The summed E-state index contributed by atoms with van der Waals surface area (Å²) in [6, 6.07) is 3.84. The molecule has 0 fully saturated rings. The predicted octanol–water partition coefficient (Wildman–Crippen LogP) is 2.99. The number of carboxylic acids is 1.